The van der Waals surface area contributed by atoms with E-state index in [1.807, 2.05) is 0 Å². The monoisotopic (exact) mass is 223 g/mol. The number of carboxylic acid groups (broad SMARTS) is 1. The second kappa shape index (κ2) is 4.87. The Morgan fingerprint density at radius 3 is 2.38 bits per heavy atom. The van der Waals surface area contributed by atoms with Crippen LogP contribution in [0.2, 0.25) is 0 Å². The molecule has 0 aliphatic rings. The van der Waals surface area contributed by atoms with Crippen LogP contribution in [-0.4, -0.2) is 27.9 Å². The lowest BCUT2D eigenvalue weighted by atomic mass is 10.2. The van der Waals surface area contributed by atoms with Crippen molar-refractivity contribution in [2.24, 2.45) is 0 Å². The second-order valence-electron chi connectivity index (χ2n) is 2.87. The molecule has 0 spiro atoms. The van der Waals surface area contributed by atoms with E-state index in [2.05, 4.69) is 15.8 Å². The summed E-state index contributed by atoms with van der Waals surface area (Å²) in [4.78, 5) is 35.9. The molecule has 0 aromatic carbocycles. The summed E-state index contributed by atoms with van der Waals surface area (Å²) in [5.74, 6) is -2.16. The number of carboxylic acids is 1. The van der Waals surface area contributed by atoms with E-state index >= 15 is 0 Å². The number of hydrogen-bond donors (Lipinski definition) is 3. The first-order chi connectivity index (χ1) is 7.50. The largest absolute Gasteiger partial charge is 0.478 e. The third kappa shape index (κ3) is 3.05. The number of carbonyl (C=O) groups excluding carboxylic acids is 2. The van der Waals surface area contributed by atoms with Gasteiger partial charge in [0.25, 0.3) is 5.91 Å². The minimum absolute atomic E-state index is 0.0127. The molecule has 0 bridgehead atoms. The number of hydrogen-bond acceptors (Lipinski definition) is 4. The Morgan fingerprint density at radius 1 is 1.25 bits per heavy atom. The van der Waals surface area contributed by atoms with E-state index in [4.69, 9.17) is 5.11 Å². The summed E-state index contributed by atoms with van der Waals surface area (Å²) in [6.07, 6.45) is 1.06. The average Bonchev–Trinajstić information content (AvgIpc) is 2.26. The van der Waals surface area contributed by atoms with Crippen LogP contribution in [-0.2, 0) is 4.79 Å². The molecule has 16 heavy (non-hydrogen) atoms. The van der Waals surface area contributed by atoms with Crippen LogP contribution < -0.4 is 10.9 Å². The number of pyridine rings is 1. The number of carbonyl (C=O) groups is 3. The average molecular weight is 223 g/mol. The molecule has 0 aliphatic carbocycles. The van der Waals surface area contributed by atoms with Crippen LogP contribution in [0.3, 0.4) is 0 Å². The number of amides is 2. The summed E-state index contributed by atoms with van der Waals surface area (Å²) in [5, 5.41) is 8.59. The highest BCUT2D eigenvalue weighted by Crippen LogP contribution is 1.99. The van der Waals surface area contributed by atoms with Gasteiger partial charge in [0.1, 0.15) is 5.69 Å². The Balaban J connectivity index is 2.70. The molecule has 1 heterocycles. The molecule has 2 amide bonds. The van der Waals surface area contributed by atoms with E-state index < -0.39 is 17.8 Å². The maximum Gasteiger partial charge on any atom is 0.337 e. The van der Waals surface area contributed by atoms with Crippen LogP contribution in [0.15, 0.2) is 18.3 Å². The van der Waals surface area contributed by atoms with Gasteiger partial charge in [0.2, 0.25) is 5.91 Å². The van der Waals surface area contributed by atoms with E-state index in [-0.39, 0.29) is 11.3 Å². The highest BCUT2D eigenvalue weighted by atomic mass is 16.4. The summed E-state index contributed by atoms with van der Waals surface area (Å²) in [6.45, 7) is 1.24. The fourth-order valence-corrected chi connectivity index (χ4v) is 0.864. The summed E-state index contributed by atoms with van der Waals surface area (Å²) in [7, 11) is 0. The molecule has 7 heteroatoms. The van der Waals surface area contributed by atoms with Gasteiger partial charge < -0.3 is 5.11 Å². The van der Waals surface area contributed by atoms with Gasteiger partial charge in [-0.1, -0.05) is 0 Å². The van der Waals surface area contributed by atoms with Gasteiger partial charge in [-0.3, -0.25) is 25.4 Å². The third-order valence-electron chi connectivity index (χ3n) is 1.60. The molecule has 0 fully saturated rings. The molecule has 0 radical (unpaired) electrons. The van der Waals surface area contributed by atoms with Gasteiger partial charge in [0.05, 0.1) is 5.56 Å². The molecule has 0 saturated heterocycles. The zero-order valence-electron chi connectivity index (χ0n) is 8.35. The van der Waals surface area contributed by atoms with E-state index in [1.54, 1.807) is 0 Å². The first-order valence-corrected chi connectivity index (χ1v) is 4.27. The zero-order chi connectivity index (χ0) is 12.1. The van der Waals surface area contributed by atoms with Crippen LogP contribution in [0.4, 0.5) is 0 Å². The van der Waals surface area contributed by atoms with Crippen molar-refractivity contribution < 1.29 is 19.5 Å². The van der Waals surface area contributed by atoms with Crippen LogP contribution in [0.5, 0.6) is 0 Å². The van der Waals surface area contributed by atoms with Crippen molar-refractivity contribution in [1.29, 1.82) is 0 Å². The molecule has 7 nitrogen and oxygen atoms in total. The van der Waals surface area contributed by atoms with Gasteiger partial charge >= 0.3 is 5.97 Å². The molecular weight excluding hydrogens is 214 g/mol. The molecule has 1 aromatic rings. The Morgan fingerprint density at radius 2 is 1.94 bits per heavy atom. The topological polar surface area (TPSA) is 108 Å². The van der Waals surface area contributed by atoms with Crippen molar-refractivity contribution in [3.8, 4) is 0 Å². The number of hydrazine groups is 1. The maximum absolute atomic E-state index is 11.3. The number of rotatable bonds is 2. The molecule has 1 aromatic heterocycles. The number of aromatic carboxylic acids is 1. The first kappa shape index (κ1) is 11.6. The van der Waals surface area contributed by atoms with Crippen molar-refractivity contribution >= 4 is 17.8 Å². The van der Waals surface area contributed by atoms with Crippen molar-refractivity contribution in [3.63, 3.8) is 0 Å². The predicted octanol–water partition coefficient (Wildman–Crippen LogP) is -0.439. The summed E-state index contributed by atoms with van der Waals surface area (Å²) in [6, 6.07) is 2.50. The van der Waals surface area contributed by atoms with E-state index in [9.17, 15) is 14.4 Å². The molecule has 1 rings (SSSR count). The van der Waals surface area contributed by atoms with Crippen molar-refractivity contribution in [1.82, 2.24) is 15.8 Å². The second-order valence-corrected chi connectivity index (χ2v) is 2.87. The lowest BCUT2D eigenvalue weighted by Gasteiger charge is -2.03. The summed E-state index contributed by atoms with van der Waals surface area (Å²) in [5.41, 5.74) is 4.18. The van der Waals surface area contributed by atoms with Crippen LogP contribution in [0.25, 0.3) is 0 Å². The smallest absolute Gasteiger partial charge is 0.337 e. The fourth-order valence-electron chi connectivity index (χ4n) is 0.864. The first-order valence-electron chi connectivity index (χ1n) is 4.27. The SMILES string of the molecule is CC(=O)NNC(=O)c1ccc(C(=O)O)cn1. The molecule has 3 N–H and O–H groups in total. The highest BCUT2D eigenvalue weighted by Gasteiger charge is 2.09. The Kier molecular flexibility index (Phi) is 3.54. The summed E-state index contributed by atoms with van der Waals surface area (Å²) < 4.78 is 0. The predicted molar refractivity (Wildman–Crippen MR) is 52.5 cm³/mol. The maximum atomic E-state index is 11.3. The standard InChI is InChI=1S/C9H9N3O4/c1-5(13)11-12-8(14)7-3-2-6(4-10-7)9(15)16/h2-4H,1H3,(H,11,13)(H,12,14)(H,15,16). The quantitative estimate of drug-likeness (QED) is 0.589. The molecular formula is C9H9N3O4. The van der Waals surface area contributed by atoms with Crippen LogP contribution in [0, 0.1) is 0 Å². The molecule has 84 valence electrons. The Labute approximate surface area is 90.5 Å². The number of nitrogens with one attached hydrogen (secondary N) is 2. The Hall–Kier alpha value is -2.44. The highest BCUT2D eigenvalue weighted by molar-refractivity contribution is 5.94. The fraction of sp³-hybridized carbons (Fsp3) is 0.111. The van der Waals surface area contributed by atoms with E-state index in [1.165, 1.54) is 19.1 Å². The van der Waals surface area contributed by atoms with Gasteiger partial charge in [0, 0.05) is 13.1 Å². The van der Waals surface area contributed by atoms with Crippen molar-refractivity contribution in [3.05, 3.63) is 29.6 Å². The minimum Gasteiger partial charge on any atom is -0.478 e. The minimum atomic E-state index is -1.12. The van der Waals surface area contributed by atoms with Gasteiger partial charge in [-0.25, -0.2) is 4.79 Å². The lowest BCUT2D eigenvalue weighted by Crippen LogP contribution is -2.40. The molecule has 0 atom stereocenters. The normalized spacial score (nSPS) is 9.31. The van der Waals surface area contributed by atoms with E-state index in [0.717, 1.165) is 6.20 Å². The number of aromatic nitrogens is 1. The van der Waals surface area contributed by atoms with Gasteiger partial charge in [-0.2, -0.15) is 0 Å². The molecule has 0 saturated carbocycles. The summed E-state index contributed by atoms with van der Waals surface area (Å²) >= 11 is 0. The van der Waals surface area contributed by atoms with Crippen molar-refractivity contribution in [2.75, 3.05) is 0 Å². The van der Waals surface area contributed by atoms with Gasteiger partial charge in [0.15, 0.2) is 0 Å². The molecule has 0 unspecified atom stereocenters. The van der Waals surface area contributed by atoms with Crippen molar-refractivity contribution in [2.45, 2.75) is 6.92 Å². The number of nitrogens with zero attached hydrogens (tertiary/aromatic N) is 1. The molecule has 0 aliphatic heterocycles. The zero-order valence-corrected chi connectivity index (χ0v) is 8.35. The third-order valence-corrected chi connectivity index (χ3v) is 1.60. The van der Waals surface area contributed by atoms with Gasteiger partial charge in [-0.05, 0) is 12.1 Å². The van der Waals surface area contributed by atoms with Crippen LogP contribution >= 0.6 is 0 Å². The van der Waals surface area contributed by atoms with Crippen LogP contribution in [0.1, 0.15) is 27.8 Å². The lowest BCUT2D eigenvalue weighted by molar-refractivity contribution is -0.119. The Bertz CT molecular complexity index is 427. The van der Waals surface area contributed by atoms with Gasteiger partial charge in [-0.15, -0.1) is 0 Å². The van der Waals surface area contributed by atoms with E-state index in [0.29, 0.717) is 0 Å².